The Bertz CT molecular complexity index is 374. The lowest BCUT2D eigenvalue weighted by Gasteiger charge is -2.18. The second-order valence-electron chi connectivity index (χ2n) is 5.12. The van der Waals surface area contributed by atoms with E-state index in [4.69, 9.17) is 11.6 Å². The Hall–Kier alpha value is -0.540. The number of aromatic nitrogens is 2. The van der Waals surface area contributed by atoms with Gasteiger partial charge in [-0.05, 0) is 26.8 Å². The van der Waals surface area contributed by atoms with E-state index in [1.165, 1.54) is 31.4 Å². The maximum Gasteiger partial charge on any atom is 0.0847 e. The number of likely N-dealkylation sites (N-methyl/N-ethyl adjacent to an activating group) is 1. The highest BCUT2D eigenvalue weighted by atomic mass is 35.5. The molecule has 4 heteroatoms. The molecule has 19 heavy (non-hydrogen) atoms. The second kappa shape index (κ2) is 8.60. The van der Waals surface area contributed by atoms with Gasteiger partial charge in [0.1, 0.15) is 0 Å². The molecule has 1 heterocycles. The molecule has 3 nitrogen and oxygen atoms in total. The van der Waals surface area contributed by atoms with Gasteiger partial charge in [-0.1, -0.05) is 44.7 Å². The smallest absolute Gasteiger partial charge is 0.0847 e. The summed E-state index contributed by atoms with van der Waals surface area (Å²) in [4.78, 5) is 0. The van der Waals surface area contributed by atoms with Crippen LogP contribution in [0.25, 0.3) is 0 Å². The van der Waals surface area contributed by atoms with Crippen LogP contribution in [0.2, 0.25) is 5.02 Å². The number of halogens is 1. The fraction of sp³-hybridized carbons (Fsp3) is 0.800. The first-order valence-electron chi connectivity index (χ1n) is 7.59. The maximum absolute atomic E-state index is 6.39. The summed E-state index contributed by atoms with van der Waals surface area (Å²) in [6, 6.07) is 0.510. The van der Waals surface area contributed by atoms with Crippen LogP contribution in [0.15, 0.2) is 0 Å². The zero-order chi connectivity index (χ0) is 14.3. The standard InChI is InChI=1S/C15H28ClN3/c1-5-8-9-10-13(17-6-2)11-14-15(16)12(4)18-19(14)7-3/h13,17H,5-11H2,1-4H3. The lowest BCUT2D eigenvalue weighted by atomic mass is 10.0. The van der Waals surface area contributed by atoms with Gasteiger partial charge in [0.05, 0.1) is 16.4 Å². The van der Waals surface area contributed by atoms with Crippen LogP contribution in [0.5, 0.6) is 0 Å². The largest absolute Gasteiger partial charge is 0.314 e. The minimum absolute atomic E-state index is 0.510. The summed E-state index contributed by atoms with van der Waals surface area (Å²) < 4.78 is 2.04. The predicted molar refractivity (Wildman–Crippen MR) is 83.0 cm³/mol. The van der Waals surface area contributed by atoms with E-state index in [1.807, 2.05) is 11.6 Å². The number of nitrogens with zero attached hydrogens (tertiary/aromatic N) is 2. The first-order valence-corrected chi connectivity index (χ1v) is 7.96. The van der Waals surface area contributed by atoms with Crippen molar-refractivity contribution in [3.8, 4) is 0 Å². The van der Waals surface area contributed by atoms with E-state index in [-0.39, 0.29) is 0 Å². The summed E-state index contributed by atoms with van der Waals surface area (Å²) in [5.41, 5.74) is 2.13. The average molecular weight is 286 g/mol. The van der Waals surface area contributed by atoms with Crippen LogP contribution >= 0.6 is 11.6 Å². The minimum Gasteiger partial charge on any atom is -0.314 e. The molecule has 0 spiro atoms. The molecule has 110 valence electrons. The third kappa shape index (κ3) is 4.81. The number of aryl methyl sites for hydroxylation is 2. The number of unbranched alkanes of at least 4 members (excludes halogenated alkanes) is 2. The lowest BCUT2D eigenvalue weighted by molar-refractivity contribution is 0.452. The predicted octanol–water partition coefficient (Wildman–Crippen LogP) is 3.97. The first kappa shape index (κ1) is 16.5. The summed E-state index contributed by atoms with van der Waals surface area (Å²) in [6.07, 6.45) is 6.05. The van der Waals surface area contributed by atoms with Gasteiger partial charge in [0.15, 0.2) is 0 Å². The summed E-state index contributed by atoms with van der Waals surface area (Å²) >= 11 is 6.39. The van der Waals surface area contributed by atoms with Crippen LogP contribution in [0, 0.1) is 6.92 Å². The molecule has 0 aliphatic carbocycles. The SMILES string of the molecule is CCCCCC(Cc1c(Cl)c(C)nn1CC)NCC. The molecule has 0 saturated carbocycles. The normalized spacial score (nSPS) is 12.9. The Morgan fingerprint density at radius 3 is 2.58 bits per heavy atom. The Kier molecular flexibility index (Phi) is 7.47. The van der Waals surface area contributed by atoms with Crippen LogP contribution in [-0.4, -0.2) is 22.4 Å². The molecule has 0 aliphatic rings. The Labute approximate surface area is 122 Å². The van der Waals surface area contributed by atoms with E-state index in [9.17, 15) is 0 Å². The van der Waals surface area contributed by atoms with Gasteiger partial charge in [0.25, 0.3) is 0 Å². The Morgan fingerprint density at radius 2 is 2.00 bits per heavy atom. The first-order chi connectivity index (χ1) is 9.13. The van der Waals surface area contributed by atoms with Crippen LogP contribution in [0.1, 0.15) is 57.8 Å². The molecular weight excluding hydrogens is 258 g/mol. The van der Waals surface area contributed by atoms with Crippen molar-refractivity contribution >= 4 is 11.6 Å². The number of hydrogen-bond donors (Lipinski definition) is 1. The molecule has 0 fully saturated rings. The zero-order valence-corrected chi connectivity index (χ0v) is 13.6. The molecule has 0 radical (unpaired) electrons. The van der Waals surface area contributed by atoms with Crippen molar-refractivity contribution in [1.82, 2.24) is 15.1 Å². The Balaban J connectivity index is 2.72. The summed E-state index contributed by atoms with van der Waals surface area (Å²) in [5.74, 6) is 0. The highest BCUT2D eigenvalue weighted by molar-refractivity contribution is 6.31. The minimum atomic E-state index is 0.510. The highest BCUT2D eigenvalue weighted by Crippen LogP contribution is 2.22. The molecule has 0 bridgehead atoms. The topological polar surface area (TPSA) is 29.9 Å². The van der Waals surface area contributed by atoms with Crippen molar-refractivity contribution in [3.63, 3.8) is 0 Å². The number of rotatable bonds is 9. The molecule has 0 saturated heterocycles. The maximum atomic E-state index is 6.39. The molecule has 1 unspecified atom stereocenters. The average Bonchev–Trinajstić information content (AvgIpc) is 2.67. The van der Waals surface area contributed by atoms with E-state index in [1.54, 1.807) is 0 Å². The van der Waals surface area contributed by atoms with Crippen LogP contribution in [0.4, 0.5) is 0 Å². The van der Waals surface area contributed by atoms with Crippen molar-refractivity contribution < 1.29 is 0 Å². The van der Waals surface area contributed by atoms with Crippen molar-refractivity contribution in [2.24, 2.45) is 0 Å². The molecule has 1 aromatic heterocycles. The molecule has 1 atom stereocenters. The third-order valence-corrected chi connectivity index (χ3v) is 4.03. The fourth-order valence-corrected chi connectivity index (χ4v) is 2.72. The van der Waals surface area contributed by atoms with Gasteiger partial charge >= 0.3 is 0 Å². The van der Waals surface area contributed by atoms with E-state index >= 15 is 0 Å². The fourth-order valence-electron chi connectivity index (χ4n) is 2.50. The van der Waals surface area contributed by atoms with Gasteiger partial charge < -0.3 is 5.32 Å². The van der Waals surface area contributed by atoms with Gasteiger partial charge in [0, 0.05) is 19.0 Å². The summed E-state index contributed by atoms with van der Waals surface area (Å²) in [5, 5.41) is 8.92. The molecule has 0 aromatic carbocycles. The van der Waals surface area contributed by atoms with E-state index in [0.29, 0.717) is 6.04 Å². The third-order valence-electron chi connectivity index (χ3n) is 3.54. The molecule has 0 aliphatic heterocycles. The van der Waals surface area contributed by atoms with E-state index in [2.05, 4.69) is 31.2 Å². The van der Waals surface area contributed by atoms with E-state index < -0.39 is 0 Å². The molecule has 0 amide bonds. The highest BCUT2D eigenvalue weighted by Gasteiger charge is 2.17. The van der Waals surface area contributed by atoms with Crippen molar-refractivity contribution in [1.29, 1.82) is 0 Å². The molecular formula is C15H28ClN3. The van der Waals surface area contributed by atoms with Crippen LogP contribution in [0.3, 0.4) is 0 Å². The lowest BCUT2D eigenvalue weighted by Crippen LogP contribution is -2.31. The Morgan fingerprint density at radius 1 is 1.26 bits per heavy atom. The summed E-state index contributed by atoms with van der Waals surface area (Å²) in [6.45, 7) is 10.4. The molecule has 1 aromatic rings. The van der Waals surface area contributed by atoms with Crippen molar-refractivity contribution in [3.05, 3.63) is 16.4 Å². The van der Waals surface area contributed by atoms with Gasteiger partial charge in [-0.3, -0.25) is 4.68 Å². The van der Waals surface area contributed by atoms with Crippen molar-refractivity contribution in [2.75, 3.05) is 6.54 Å². The second-order valence-corrected chi connectivity index (χ2v) is 5.49. The monoisotopic (exact) mass is 285 g/mol. The molecule has 1 N–H and O–H groups in total. The van der Waals surface area contributed by atoms with Gasteiger partial charge in [-0.2, -0.15) is 5.10 Å². The van der Waals surface area contributed by atoms with Crippen molar-refractivity contribution in [2.45, 2.75) is 72.4 Å². The van der Waals surface area contributed by atoms with E-state index in [0.717, 1.165) is 30.2 Å². The summed E-state index contributed by atoms with van der Waals surface area (Å²) in [7, 11) is 0. The van der Waals surface area contributed by atoms with Crippen LogP contribution in [-0.2, 0) is 13.0 Å². The molecule has 1 rings (SSSR count). The zero-order valence-electron chi connectivity index (χ0n) is 12.8. The number of hydrogen-bond acceptors (Lipinski definition) is 2. The van der Waals surface area contributed by atoms with Crippen LogP contribution < -0.4 is 5.32 Å². The quantitative estimate of drug-likeness (QED) is 0.696. The van der Waals surface area contributed by atoms with Gasteiger partial charge in [-0.25, -0.2) is 0 Å². The van der Waals surface area contributed by atoms with Gasteiger partial charge in [-0.15, -0.1) is 0 Å². The number of nitrogens with one attached hydrogen (secondary N) is 1. The van der Waals surface area contributed by atoms with Gasteiger partial charge in [0.2, 0.25) is 0 Å².